The second kappa shape index (κ2) is 11.6. The van der Waals surface area contributed by atoms with Crippen LogP contribution in [0.25, 0.3) is 10.1 Å². The van der Waals surface area contributed by atoms with E-state index in [4.69, 9.17) is 11.6 Å². The van der Waals surface area contributed by atoms with Crippen molar-refractivity contribution in [3.05, 3.63) is 94.0 Å². The summed E-state index contributed by atoms with van der Waals surface area (Å²) in [5.74, 6) is 0.395. The van der Waals surface area contributed by atoms with Crippen LogP contribution in [0.1, 0.15) is 46.8 Å². The molecule has 5 nitrogen and oxygen atoms in total. The number of hydrogen-bond donors (Lipinski definition) is 2. The highest BCUT2D eigenvalue weighted by molar-refractivity contribution is 7.17. The summed E-state index contributed by atoms with van der Waals surface area (Å²) >= 11 is 8.27. The number of nitrogens with zero attached hydrogens (tertiary/aromatic N) is 2. The molecule has 0 amide bonds. The number of benzene rings is 2. The van der Waals surface area contributed by atoms with E-state index in [0.29, 0.717) is 22.7 Å². The summed E-state index contributed by atoms with van der Waals surface area (Å²) in [6.45, 7) is 4.77. The number of hydrogen-bond acceptors (Lipinski definition) is 5. The Balaban J connectivity index is 0.00000304. The Morgan fingerprint density at radius 2 is 1.97 bits per heavy atom. The van der Waals surface area contributed by atoms with E-state index in [1.165, 1.54) is 33.5 Å². The maximum absolute atomic E-state index is 11.3. The number of pyridine rings is 1. The lowest BCUT2D eigenvalue weighted by molar-refractivity contribution is 0.0696. The van der Waals surface area contributed by atoms with Gasteiger partial charge in [0, 0.05) is 35.9 Å². The third-order valence-electron chi connectivity index (χ3n) is 7.02. The summed E-state index contributed by atoms with van der Waals surface area (Å²) in [7, 11) is 0. The van der Waals surface area contributed by atoms with Crippen LogP contribution < -0.4 is 10.2 Å². The van der Waals surface area contributed by atoms with E-state index in [1.807, 2.05) is 6.07 Å². The SMILES string of the molecule is C[C@@H](NCC1CCN(c2ncc(C(=O)O)cc2Cl)CC1c1ccccc1)c1csc2ccccc12.Cl. The van der Waals surface area contributed by atoms with Crippen LogP contribution in [0.3, 0.4) is 0 Å². The molecular formula is C28H29Cl2N3O2S. The van der Waals surface area contributed by atoms with Gasteiger partial charge in [0.1, 0.15) is 5.82 Å². The number of nitrogens with one attached hydrogen (secondary N) is 1. The molecule has 2 aromatic carbocycles. The van der Waals surface area contributed by atoms with Crippen molar-refractivity contribution in [2.24, 2.45) is 5.92 Å². The topological polar surface area (TPSA) is 65.5 Å². The Morgan fingerprint density at radius 3 is 2.72 bits per heavy atom. The van der Waals surface area contributed by atoms with E-state index in [-0.39, 0.29) is 24.0 Å². The smallest absolute Gasteiger partial charge is 0.337 e. The number of anilines is 1. The number of piperidine rings is 1. The van der Waals surface area contributed by atoms with Gasteiger partial charge in [-0.3, -0.25) is 0 Å². The van der Waals surface area contributed by atoms with E-state index in [0.717, 1.165) is 26.1 Å². The highest BCUT2D eigenvalue weighted by atomic mass is 35.5. The predicted octanol–water partition coefficient (Wildman–Crippen LogP) is 7.03. The van der Waals surface area contributed by atoms with Crippen LogP contribution in [0.15, 0.2) is 72.2 Å². The lowest BCUT2D eigenvalue weighted by atomic mass is 9.80. The molecule has 3 atom stereocenters. The molecule has 3 heterocycles. The van der Waals surface area contributed by atoms with E-state index in [2.05, 4.69) is 76.0 Å². The molecule has 0 bridgehead atoms. The third kappa shape index (κ3) is 5.52. The Labute approximate surface area is 226 Å². The van der Waals surface area contributed by atoms with Crippen LogP contribution in [0.5, 0.6) is 0 Å². The van der Waals surface area contributed by atoms with Gasteiger partial charge in [0.05, 0.1) is 10.6 Å². The largest absolute Gasteiger partial charge is 0.478 e. The van der Waals surface area contributed by atoms with Crippen molar-refractivity contribution in [2.75, 3.05) is 24.5 Å². The van der Waals surface area contributed by atoms with Crippen molar-refractivity contribution >= 4 is 57.2 Å². The summed E-state index contributed by atoms with van der Waals surface area (Å²) in [4.78, 5) is 17.9. The Hall–Kier alpha value is -2.64. The minimum atomic E-state index is -1.02. The van der Waals surface area contributed by atoms with Crippen LogP contribution in [0, 0.1) is 5.92 Å². The van der Waals surface area contributed by atoms with Crippen LogP contribution >= 0.6 is 35.3 Å². The van der Waals surface area contributed by atoms with Crippen molar-refractivity contribution in [1.29, 1.82) is 0 Å². The Kier molecular flexibility index (Phi) is 8.52. The first-order valence-corrected chi connectivity index (χ1v) is 13.1. The minimum absolute atomic E-state index is 0. The standard InChI is InChI=1S/C28H28ClN3O2S.ClH/c1-18(24-17-35-26-10-6-5-9-22(24)26)30-14-20-11-12-32(16-23(20)19-7-3-2-4-8-19)27-25(29)13-21(15-31-27)28(33)34;/h2-10,13,15,17-18,20,23,30H,11-12,14,16H2,1H3,(H,33,34);1H/t18-,20?,23?;/m1./s1. The average Bonchev–Trinajstić information content (AvgIpc) is 3.32. The fourth-order valence-corrected chi connectivity index (χ4v) is 6.41. The first-order valence-electron chi connectivity index (χ1n) is 11.9. The molecule has 0 aliphatic carbocycles. The van der Waals surface area contributed by atoms with E-state index < -0.39 is 5.97 Å². The zero-order chi connectivity index (χ0) is 24.4. The van der Waals surface area contributed by atoms with Gasteiger partial charge in [0.25, 0.3) is 0 Å². The van der Waals surface area contributed by atoms with E-state index in [1.54, 1.807) is 11.3 Å². The molecular weight excluding hydrogens is 513 g/mol. The Morgan fingerprint density at radius 1 is 1.22 bits per heavy atom. The quantitative estimate of drug-likeness (QED) is 0.263. The van der Waals surface area contributed by atoms with Crippen molar-refractivity contribution in [3.63, 3.8) is 0 Å². The molecule has 1 aliphatic heterocycles. The molecule has 0 spiro atoms. The number of halogens is 2. The summed E-state index contributed by atoms with van der Waals surface area (Å²) in [5, 5.41) is 17.0. The number of aromatic nitrogens is 1. The van der Waals surface area contributed by atoms with Gasteiger partial charge < -0.3 is 15.3 Å². The molecule has 8 heteroatoms. The molecule has 36 heavy (non-hydrogen) atoms. The first-order chi connectivity index (χ1) is 17.0. The van der Waals surface area contributed by atoms with Gasteiger partial charge in [-0.15, -0.1) is 23.7 Å². The zero-order valence-corrected chi connectivity index (χ0v) is 22.3. The predicted molar refractivity (Wildman–Crippen MR) is 151 cm³/mol. The second-order valence-corrected chi connectivity index (χ2v) is 10.5. The van der Waals surface area contributed by atoms with Gasteiger partial charge >= 0.3 is 5.97 Å². The monoisotopic (exact) mass is 541 g/mol. The van der Waals surface area contributed by atoms with Gasteiger partial charge in [0.15, 0.2) is 0 Å². The normalized spacial score (nSPS) is 18.6. The van der Waals surface area contributed by atoms with E-state index in [9.17, 15) is 9.90 Å². The van der Waals surface area contributed by atoms with Gasteiger partial charge in [-0.05, 0) is 59.8 Å². The highest BCUT2D eigenvalue weighted by Gasteiger charge is 2.32. The number of rotatable bonds is 7. The summed E-state index contributed by atoms with van der Waals surface area (Å²) < 4.78 is 1.32. The molecule has 4 aromatic rings. The Bertz CT molecular complexity index is 1330. The molecule has 2 unspecified atom stereocenters. The number of thiophene rings is 1. The molecule has 1 fully saturated rings. The molecule has 5 rings (SSSR count). The summed E-state index contributed by atoms with van der Waals surface area (Å²) in [6, 6.07) is 21.0. The number of fused-ring (bicyclic) bond motifs is 1. The third-order valence-corrected chi connectivity index (χ3v) is 8.28. The maximum Gasteiger partial charge on any atom is 0.337 e. The zero-order valence-electron chi connectivity index (χ0n) is 19.9. The van der Waals surface area contributed by atoms with Gasteiger partial charge in [-0.25, -0.2) is 9.78 Å². The van der Waals surface area contributed by atoms with Gasteiger partial charge in [-0.2, -0.15) is 0 Å². The molecule has 0 radical (unpaired) electrons. The van der Waals surface area contributed by atoms with Crippen molar-refractivity contribution < 1.29 is 9.90 Å². The first kappa shape index (κ1) is 26.4. The minimum Gasteiger partial charge on any atom is -0.478 e. The van der Waals surface area contributed by atoms with Crippen LogP contribution in [0.2, 0.25) is 5.02 Å². The fourth-order valence-electron chi connectivity index (χ4n) is 5.07. The second-order valence-electron chi connectivity index (χ2n) is 9.16. The van der Waals surface area contributed by atoms with Crippen molar-refractivity contribution in [1.82, 2.24) is 10.3 Å². The molecule has 1 saturated heterocycles. The number of carboxylic acids is 1. The van der Waals surface area contributed by atoms with Gasteiger partial charge in [-0.1, -0.05) is 60.1 Å². The molecule has 0 saturated carbocycles. The summed E-state index contributed by atoms with van der Waals surface area (Å²) in [6.07, 6.45) is 2.38. The fraction of sp³-hybridized carbons (Fsp3) is 0.286. The van der Waals surface area contributed by atoms with Gasteiger partial charge in [0.2, 0.25) is 0 Å². The number of aromatic carboxylic acids is 1. The van der Waals surface area contributed by atoms with Crippen LogP contribution in [0.4, 0.5) is 5.82 Å². The molecule has 188 valence electrons. The lowest BCUT2D eigenvalue weighted by Gasteiger charge is -2.40. The molecule has 2 N–H and O–H groups in total. The van der Waals surface area contributed by atoms with Crippen molar-refractivity contribution in [3.8, 4) is 0 Å². The number of carbonyl (C=O) groups is 1. The van der Waals surface area contributed by atoms with Crippen LogP contribution in [-0.4, -0.2) is 35.7 Å². The summed E-state index contributed by atoms with van der Waals surface area (Å²) in [5.41, 5.74) is 2.76. The highest BCUT2D eigenvalue weighted by Crippen LogP contribution is 2.37. The van der Waals surface area contributed by atoms with Crippen molar-refractivity contribution in [2.45, 2.75) is 25.3 Å². The number of carboxylic acid groups (broad SMARTS) is 1. The lowest BCUT2D eigenvalue weighted by Crippen LogP contribution is -2.43. The van der Waals surface area contributed by atoms with E-state index >= 15 is 0 Å². The molecule has 1 aliphatic rings. The van der Waals surface area contributed by atoms with Crippen LogP contribution in [-0.2, 0) is 0 Å². The molecule has 2 aromatic heterocycles. The average molecular weight is 543 g/mol. The maximum atomic E-state index is 11.3.